The van der Waals surface area contributed by atoms with E-state index in [9.17, 15) is 4.79 Å². The number of rotatable bonds is 7. The number of aromatic nitrogens is 1. The molecule has 0 spiro atoms. The van der Waals surface area contributed by atoms with Crippen LogP contribution in [0.15, 0.2) is 30.5 Å². The molecule has 0 aliphatic heterocycles. The van der Waals surface area contributed by atoms with E-state index in [4.69, 9.17) is 4.74 Å². The molecule has 1 heterocycles. The van der Waals surface area contributed by atoms with Gasteiger partial charge in [-0.1, -0.05) is 19.4 Å². The van der Waals surface area contributed by atoms with Gasteiger partial charge in [-0.15, -0.1) is 0 Å². The topological polar surface area (TPSA) is 43.3 Å². The summed E-state index contributed by atoms with van der Waals surface area (Å²) in [6.07, 6.45) is 4.05. The fourth-order valence-electron chi connectivity index (χ4n) is 2.23. The molecule has 0 atom stereocenters. The third kappa shape index (κ3) is 3.32. The van der Waals surface area contributed by atoms with Crippen molar-refractivity contribution in [2.24, 2.45) is 0 Å². The molecule has 108 valence electrons. The molecule has 2 aromatic rings. The van der Waals surface area contributed by atoms with Gasteiger partial charge in [0.2, 0.25) is 5.91 Å². The minimum Gasteiger partial charge on any atom is -0.493 e. The van der Waals surface area contributed by atoms with E-state index in [0.29, 0.717) is 13.2 Å². The molecular formula is C16H22N2O2. The lowest BCUT2D eigenvalue weighted by Crippen LogP contribution is -2.28. The van der Waals surface area contributed by atoms with Crippen molar-refractivity contribution in [1.82, 2.24) is 9.88 Å². The van der Waals surface area contributed by atoms with Crippen molar-refractivity contribution in [3.8, 4) is 5.75 Å². The van der Waals surface area contributed by atoms with E-state index < -0.39 is 0 Å². The Hall–Kier alpha value is -1.97. The van der Waals surface area contributed by atoms with Crippen LogP contribution in [0.2, 0.25) is 0 Å². The molecule has 2 rings (SSSR count). The highest BCUT2D eigenvalue weighted by Gasteiger charge is 2.08. The van der Waals surface area contributed by atoms with Crippen LogP contribution in [-0.4, -0.2) is 23.6 Å². The average molecular weight is 274 g/mol. The summed E-state index contributed by atoms with van der Waals surface area (Å²) in [6.45, 7) is 5.82. The van der Waals surface area contributed by atoms with Crippen molar-refractivity contribution in [3.05, 3.63) is 30.5 Å². The molecule has 0 fully saturated rings. The summed E-state index contributed by atoms with van der Waals surface area (Å²) in [5.41, 5.74) is 1.03. The van der Waals surface area contributed by atoms with Crippen LogP contribution >= 0.6 is 0 Å². The monoisotopic (exact) mass is 274 g/mol. The number of benzene rings is 1. The zero-order valence-electron chi connectivity index (χ0n) is 12.2. The summed E-state index contributed by atoms with van der Waals surface area (Å²) in [5, 5.41) is 3.99. The summed E-state index contributed by atoms with van der Waals surface area (Å²) < 4.78 is 7.56. The summed E-state index contributed by atoms with van der Waals surface area (Å²) in [4.78, 5) is 11.9. The average Bonchev–Trinajstić information content (AvgIpc) is 2.84. The number of carbonyl (C=O) groups excluding carboxylic acids is 1. The number of ether oxygens (including phenoxy) is 1. The van der Waals surface area contributed by atoms with E-state index in [0.717, 1.165) is 36.0 Å². The highest BCUT2D eigenvalue weighted by Crippen LogP contribution is 2.26. The molecule has 4 heteroatoms. The molecule has 4 nitrogen and oxygen atoms in total. The summed E-state index contributed by atoms with van der Waals surface area (Å²) in [5.74, 6) is 0.924. The third-order valence-corrected chi connectivity index (χ3v) is 3.24. The number of hydrogen-bond donors (Lipinski definition) is 1. The molecule has 0 radical (unpaired) electrons. The van der Waals surface area contributed by atoms with Crippen LogP contribution in [0.5, 0.6) is 5.75 Å². The minimum absolute atomic E-state index is 0.0535. The van der Waals surface area contributed by atoms with E-state index >= 15 is 0 Å². The standard InChI is InChI=1S/C16H22N2O2/c1-3-5-10-17-16(19)12-18-11-9-13-14(18)7-6-8-15(13)20-4-2/h6-9,11H,3-5,10,12H2,1-2H3,(H,17,19). The number of fused-ring (bicyclic) bond motifs is 1. The van der Waals surface area contributed by atoms with E-state index in [1.165, 1.54) is 0 Å². The van der Waals surface area contributed by atoms with Gasteiger partial charge in [-0.25, -0.2) is 0 Å². The molecule has 0 unspecified atom stereocenters. The van der Waals surface area contributed by atoms with Crippen molar-refractivity contribution < 1.29 is 9.53 Å². The molecule has 0 aliphatic rings. The van der Waals surface area contributed by atoms with Gasteiger partial charge in [0.25, 0.3) is 0 Å². The maximum absolute atomic E-state index is 11.9. The number of unbranched alkanes of at least 4 members (excludes halogenated alkanes) is 1. The largest absolute Gasteiger partial charge is 0.493 e. The summed E-state index contributed by atoms with van der Waals surface area (Å²) in [6, 6.07) is 7.92. The van der Waals surface area contributed by atoms with Gasteiger partial charge in [-0.05, 0) is 31.5 Å². The van der Waals surface area contributed by atoms with Crippen LogP contribution in [0.1, 0.15) is 26.7 Å². The first-order valence-corrected chi connectivity index (χ1v) is 7.23. The van der Waals surface area contributed by atoms with Crippen LogP contribution in [0.4, 0.5) is 0 Å². The first-order chi connectivity index (χ1) is 9.76. The number of hydrogen-bond acceptors (Lipinski definition) is 2. The molecule has 0 saturated carbocycles. The molecule has 20 heavy (non-hydrogen) atoms. The molecule has 1 amide bonds. The Labute approximate surface area is 119 Å². The van der Waals surface area contributed by atoms with Gasteiger partial charge in [-0.2, -0.15) is 0 Å². The Morgan fingerprint density at radius 2 is 2.15 bits per heavy atom. The molecular weight excluding hydrogens is 252 g/mol. The van der Waals surface area contributed by atoms with E-state index in [-0.39, 0.29) is 5.91 Å². The highest BCUT2D eigenvalue weighted by atomic mass is 16.5. The minimum atomic E-state index is 0.0535. The second-order valence-electron chi connectivity index (χ2n) is 4.77. The Morgan fingerprint density at radius 1 is 1.30 bits per heavy atom. The lowest BCUT2D eigenvalue weighted by Gasteiger charge is -2.08. The molecule has 0 saturated heterocycles. The Kier molecular flexibility index (Phi) is 5.04. The van der Waals surface area contributed by atoms with Gasteiger partial charge in [-0.3, -0.25) is 4.79 Å². The van der Waals surface area contributed by atoms with Crippen molar-refractivity contribution in [2.75, 3.05) is 13.2 Å². The van der Waals surface area contributed by atoms with Crippen LogP contribution in [0.3, 0.4) is 0 Å². The normalized spacial score (nSPS) is 10.7. The summed E-state index contributed by atoms with van der Waals surface area (Å²) in [7, 11) is 0. The summed E-state index contributed by atoms with van der Waals surface area (Å²) >= 11 is 0. The van der Waals surface area contributed by atoms with Crippen LogP contribution < -0.4 is 10.1 Å². The smallest absolute Gasteiger partial charge is 0.239 e. The van der Waals surface area contributed by atoms with Gasteiger partial charge in [0.15, 0.2) is 0 Å². The maximum Gasteiger partial charge on any atom is 0.239 e. The Balaban J connectivity index is 2.11. The van der Waals surface area contributed by atoms with Crippen molar-refractivity contribution >= 4 is 16.8 Å². The fourth-order valence-corrected chi connectivity index (χ4v) is 2.23. The highest BCUT2D eigenvalue weighted by molar-refractivity contribution is 5.88. The van der Waals surface area contributed by atoms with Gasteiger partial charge in [0.1, 0.15) is 12.3 Å². The lowest BCUT2D eigenvalue weighted by molar-refractivity contribution is -0.121. The van der Waals surface area contributed by atoms with Crippen molar-refractivity contribution in [2.45, 2.75) is 33.2 Å². The van der Waals surface area contributed by atoms with Crippen LogP contribution in [0, 0.1) is 0 Å². The quantitative estimate of drug-likeness (QED) is 0.789. The Morgan fingerprint density at radius 3 is 2.90 bits per heavy atom. The number of nitrogens with zero attached hydrogens (tertiary/aromatic N) is 1. The third-order valence-electron chi connectivity index (χ3n) is 3.24. The van der Waals surface area contributed by atoms with Crippen molar-refractivity contribution in [3.63, 3.8) is 0 Å². The molecule has 1 aromatic heterocycles. The van der Waals surface area contributed by atoms with E-state index in [2.05, 4.69) is 12.2 Å². The van der Waals surface area contributed by atoms with Gasteiger partial charge < -0.3 is 14.6 Å². The Bertz CT molecular complexity index is 575. The van der Waals surface area contributed by atoms with Gasteiger partial charge in [0, 0.05) is 18.1 Å². The zero-order chi connectivity index (χ0) is 14.4. The maximum atomic E-state index is 11.9. The second-order valence-corrected chi connectivity index (χ2v) is 4.77. The first-order valence-electron chi connectivity index (χ1n) is 7.23. The second kappa shape index (κ2) is 6.98. The molecule has 1 aromatic carbocycles. The van der Waals surface area contributed by atoms with Gasteiger partial charge in [0.05, 0.1) is 12.1 Å². The van der Waals surface area contributed by atoms with Gasteiger partial charge >= 0.3 is 0 Å². The SMILES string of the molecule is CCCCNC(=O)Cn1ccc2c(OCC)cccc21. The van der Waals surface area contributed by atoms with E-state index in [1.807, 2.05) is 42.0 Å². The number of nitrogens with one attached hydrogen (secondary N) is 1. The van der Waals surface area contributed by atoms with Crippen LogP contribution in [0.25, 0.3) is 10.9 Å². The number of carbonyl (C=O) groups is 1. The van der Waals surface area contributed by atoms with E-state index in [1.54, 1.807) is 0 Å². The zero-order valence-corrected chi connectivity index (χ0v) is 12.2. The molecule has 1 N–H and O–H groups in total. The fraction of sp³-hybridized carbons (Fsp3) is 0.438. The number of amides is 1. The first kappa shape index (κ1) is 14.4. The predicted octanol–water partition coefficient (Wildman–Crippen LogP) is 2.96. The molecule has 0 aliphatic carbocycles. The van der Waals surface area contributed by atoms with Crippen LogP contribution in [-0.2, 0) is 11.3 Å². The predicted molar refractivity (Wildman–Crippen MR) is 81.0 cm³/mol. The van der Waals surface area contributed by atoms with Crippen molar-refractivity contribution in [1.29, 1.82) is 0 Å². The molecule has 0 bridgehead atoms. The lowest BCUT2D eigenvalue weighted by atomic mass is 10.2.